The SMILES string of the molecule is CN([NH+]=O)C(/C(O)=C/O)/[N+](O)=N/O. The van der Waals surface area contributed by atoms with Crippen LogP contribution in [0.25, 0.3) is 0 Å². The molecule has 0 bridgehead atoms. The number of hydrogen-bond donors (Lipinski definition) is 5. The molecule has 1 atom stereocenters. The average molecular weight is 194 g/mol. The average Bonchev–Trinajstić information content (AvgIpc) is 2.16. The Labute approximate surface area is 72.3 Å². The molecule has 0 aliphatic heterocycles. The number of nitroso groups, excluding NO2 is 1. The lowest BCUT2D eigenvalue weighted by Gasteiger charge is -2.06. The first-order valence-electron chi connectivity index (χ1n) is 3.05. The monoisotopic (exact) mass is 194 g/mol. The number of hydrogen-bond acceptors (Lipinski definition) is 4. The van der Waals surface area contributed by atoms with Crippen LogP contribution < -0.4 is 5.29 Å². The van der Waals surface area contributed by atoms with Crippen molar-refractivity contribution in [2.45, 2.75) is 6.17 Å². The highest BCUT2D eigenvalue weighted by molar-refractivity contribution is 4.88. The summed E-state index contributed by atoms with van der Waals surface area (Å²) in [5, 5.41) is 38.4. The van der Waals surface area contributed by atoms with Crippen LogP contribution in [-0.2, 0) is 0 Å². The zero-order valence-electron chi connectivity index (χ0n) is 6.69. The minimum Gasteiger partial charge on any atom is -0.512 e. The molecule has 1 unspecified atom stereocenters. The second kappa shape index (κ2) is 4.74. The molecular weight excluding hydrogens is 184 g/mol. The maximum atomic E-state index is 10.1. The lowest BCUT2D eigenvalue weighted by atomic mass is 10.4. The normalized spacial score (nSPS) is 15.2. The smallest absolute Gasteiger partial charge is 0.415 e. The third-order valence-electron chi connectivity index (χ3n) is 1.22. The van der Waals surface area contributed by atoms with Gasteiger partial charge in [0.15, 0.2) is 4.86 Å². The van der Waals surface area contributed by atoms with Crippen molar-refractivity contribution >= 4 is 0 Å². The van der Waals surface area contributed by atoms with Crippen LogP contribution in [0.5, 0.6) is 0 Å². The summed E-state index contributed by atoms with van der Waals surface area (Å²) in [6, 6.07) is 0. The first kappa shape index (κ1) is 10.9. The van der Waals surface area contributed by atoms with Crippen molar-refractivity contribution in [3.63, 3.8) is 0 Å². The number of likely N-dealkylation sites (N-methyl/N-ethyl adjacent to an activating group) is 1. The van der Waals surface area contributed by atoms with Gasteiger partial charge in [-0.2, -0.15) is 0 Å². The molecule has 0 saturated heterocycles. The highest BCUT2D eigenvalue weighted by Gasteiger charge is 2.38. The van der Waals surface area contributed by atoms with Gasteiger partial charge in [-0.3, -0.25) is 5.21 Å². The number of nitrogens with one attached hydrogen (secondary N) is 1. The van der Waals surface area contributed by atoms with E-state index in [1.54, 1.807) is 0 Å². The van der Waals surface area contributed by atoms with Crippen molar-refractivity contribution in [3.8, 4) is 0 Å². The first-order valence-corrected chi connectivity index (χ1v) is 3.05. The van der Waals surface area contributed by atoms with Crippen LogP contribution >= 0.6 is 0 Å². The molecule has 0 aromatic rings. The minimum atomic E-state index is -1.52. The molecule has 0 spiro atoms. The summed E-state index contributed by atoms with van der Waals surface area (Å²) in [6.45, 7) is 0. The summed E-state index contributed by atoms with van der Waals surface area (Å²) in [5.41, 5.74) is 0. The quantitative estimate of drug-likeness (QED) is 0.118. The zero-order valence-corrected chi connectivity index (χ0v) is 6.69. The van der Waals surface area contributed by atoms with E-state index in [1.807, 2.05) is 0 Å². The highest BCUT2D eigenvalue weighted by Crippen LogP contribution is 2.01. The number of hydroxylamine groups is 1. The molecule has 5 N–H and O–H groups in total. The lowest BCUT2D eigenvalue weighted by Crippen LogP contribution is -2.80. The summed E-state index contributed by atoms with van der Waals surface area (Å²) in [7, 11) is 1.14. The van der Waals surface area contributed by atoms with Crippen molar-refractivity contribution in [2.24, 2.45) is 5.28 Å². The fourth-order valence-electron chi connectivity index (χ4n) is 0.637. The Morgan fingerprint density at radius 3 is 2.62 bits per heavy atom. The molecule has 0 fully saturated rings. The van der Waals surface area contributed by atoms with Crippen molar-refractivity contribution in [2.75, 3.05) is 7.05 Å². The Bertz CT molecular complexity index is 221. The van der Waals surface area contributed by atoms with E-state index in [-0.39, 0.29) is 11.1 Å². The van der Waals surface area contributed by atoms with Crippen molar-refractivity contribution in [3.05, 3.63) is 16.9 Å². The van der Waals surface area contributed by atoms with Gasteiger partial charge < -0.3 is 15.4 Å². The highest BCUT2D eigenvalue weighted by atomic mass is 16.6. The molecule has 0 aromatic carbocycles. The van der Waals surface area contributed by atoms with E-state index in [1.165, 1.54) is 5.29 Å². The van der Waals surface area contributed by atoms with Gasteiger partial charge in [0.05, 0.1) is 7.05 Å². The van der Waals surface area contributed by atoms with Gasteiger partial charge in [-0.15, -0.1) is 0 Å². The van der Waals surface area contributed by atoms with E-state index in [0.29, 0.717) is 5.01 Å². The zero-order chi connectivity index (χ0) is 10.4. The lowest BCUT2D eigenvalue weighted by molar-refractivity contribution is -0.899. The number of hydrazine groups is 1. The van der Waals surface area contributed by atoms with Crippen molar-refractivity contribution in [1.29, 1.82) is 0 Å². The largest absolute Gasteiger partial charge is 0.512 e. The van der Waals surface area contributed by atoms with Crippen LogP contribution in [0, 0.1) is 4.91 Å². The molecule has 0 aliphatic carbocycles. The molecule has 0 saturated carbocycles. The Kier molecular flexibility index (Phi) is 3.99. The predicted molar refractivity (Wildman–Crippen MR) is 35.5 cm³/mol. The summed E-state index contributed by atoms with van der Waals surface area (Å²) < 4.78 is 0. The maximum absolute atomic E-state index is 10.1. The van der Waals surface area contributed by atoms with E-state index in [0.717, 1.165) is 7.05 Å². The van der Waals surface area contributed by atoms with Crippen LogP contribution in [0.3, 0.4) is 0 Å². The molecule has 0 amide bonds. The van der Waals surface area contributed by atoms with Crippen LogP contribution in [0.15, 0.2) is 17.3 Å². The minimum absolute atomic E-state index is 0.132. The third-order valence-corrected chi connectivity index (χ3v) is 1.22. The Hall–Kier alpha value is -2.06. The van der Waals surface area contributed by atoms with Gasteiger partial charge in [-0.05, 0) is 0 Å². The van der Waals surface area contributed by atoms with Crippen LogP contribution in [-0.4, -0.2) is 43.7 Å². The van der Waals surface area contributed by atoms with Gasteiger partial charge in [-0.1, -0.05) is 5.01 Å². The Morgan fingerprint density at radius 1 is 1.77 bits per heavy atom. The van der Waals surface area contributed by atoms with Gasteiger partial charge in [0.1, 0.15) is 11.5 Å². The number of aliphatic hydroxyl groups excluding tert-OH is 2. The van der Waals surface area contributed by atoms with Gasteiger partial charge in [0.2, 0.25) is 11.0 Å². The van der Waals surface area contributed by atoms with Crippen LogP contribution in [0.4, 0.5) is 0 Å². The predicted octanol–water partition coefficient (Wildman–Crippen LogP) is -1.79. The van der Waals surface area contributed by atoms with Crippen LogP contribution in [0.1, 0.15) is 0 Å². The third kappa shape index (κ3) is 2.47. The number of rotatable bonds is 4. The first-order chi connectivity index (χ1) is 6.08. The van der Waals surface area contributed by atoms with E-state index < -0.39 is 11.9 Å². The Morgan fingerprint density at radius 2 is 2.31 bits per heavy atom. The fourth-order valence-corrected chi connectivity index (χ4v) is 0.637. The van der Waals surface area contributed by atoms with Gasteiger partial charge in [0.25, 0.3) is 0 Å². The van der Waals surface area contributed by atoms with E-state index in [4.69, 9.17) is 20.6 Å². The topological polar surface area (TPSA) is 131 Å². The molecule has 0 heterocycles. The molecule has 0 radical (unpaired) electrons. The summed E-state index contributed by atoms with van der Waals surface area (Å²) in [5.74, 6) is -0.786. The van der Waals surface area contributed by atoms with E-state index in [9.17, 15) is 4.91 Å². The van der Waals surface area contributed by atoms with Crippen molar-refractivity contribution < 1.29 is 30.8 Å². The fraction of sp³-hybridized carbons (Fsp3) is 0.500. The molecule has 0 aromatic heterocycles. The second-order valence-electron chi connectivity index (χ2n) is 2.04. The van der Waals surface area contributed by atoms with Gasteiger partial charge >= 0.3 is 6.17 Å². The number of aliphatic hydroxyl groups is 2. The summed E-state index contributed by atoms with van der Waals surface area (Å²) >= 11 is 0. The molecule has 0 rings (SSSR count). The molecule has 0 aliphatic rings. The Balaban J connectivity index is 4.86. The van der Waals surface area contributed by atoms with Crippen molar-refractivity contribution in [1.82, 2.24) is 5.01 Å². The van der Waals surface area contributed by atoms with E-state index >= 15 is 0 Å². The maximum Gasteiger partial charge on any atom is 0.415 e. The number of nitrogens with zero attached hydrogens (tertiary/aromatic N) is 3. The molecule has 9 nitrogen and oxygen atoms in total. The summed E-state index contributed by atoms with van der Waals surface area (Å²) in [4.78, 5) is 9.97. The molecule has 13 heavy (non-hydrogen) atoms. The standard InChI is InChI=1S/C4H8N4O5/c1-7(5-11)4(3(10)2-9)8(13)6-12/h2,4,9-10,13H,1H3/p+2/b3-2-. The van der Waals surface area contributed by atoms with Gasteiger partial charge in [0, 0.05) is 4.91 Å². The molecule has 9 heteroatoms. The van der Waals surface area contributed by atoms with Gasteiger partial charge in [-0.25, -0.2) is 0 Å². The molecule has 74 valence electrons. The summed E-state index contributed by atoms with van der Waals surface area (Å²) in [6.07, 6.45) is -1.28. The van der Waals surface area contributed by atoms with Crippen LogP contribution in [0.2, 0.25) is 0 Å². The van der Waals surface area contributed by atoms with E-state index in [2.05, 4.69) is 5.28 Å². The molecular formula is C4H10N4O5+2. The second-order valence-corrected chi connectivity index (χ2v) is 2.04.